The number of nitrogens with zero attached hydrogens (tertiary/aromatic N) is 1. The monoisotopic (exact) mass is 431 g/mol. The highest BCUT2D eigenvalue weighted by atomic mass is 35.5. The number of halogens is 1. The Hall–Kier alpha value is -2.41. The molecular formula is C23H30ClN3O3. The lowest BCUT2D eigenvalue weighted by Crippen LogP contribution is -2.51. The third-order valence-electron chi connectivity index (χ3n) is 5.47. The number of para-hydroxylation sites is 1. The van der Waals surface area contributed by atoms with E-state index < -0.39 is 5.60 Å². The van der Waals surface area contributed by atoms with Gasteiger partial charge < -0.3 is 20.3 Å². The maximum atomic E-state index is 12.7. The van der Waals surface area contributed by atoms with E-state index in [-0.39, 0.29) is 24.2 Å². The van der Waals surface area contributed by atoms with Gasteiger partial charge in [-0.2, -0.15) is 0 Å². The molecule has 1 aliphatic heterocycles. The summed E-state index contributed by atoms with van der Waals surface area (Å²) in [5.41, 5.74) is 1.73. The second-order valence-electron chi connectivity index (χ2n) is 7.25. The Balaban J connectivity index is 0.00000320. The van der Waals surface area contributed by atoms with Crippen molar-refractivity contribution in [1.82, 2.24) is 5.32 Å². The highest BCUT2D eigenvalue weighted by Gasteiger charge is 2.39. The summed E-state index contributed by atoms with van der Waals surface area (Å²) in [6.07, 6.45) is 1.60. The van der Waals surface area contributed by atoms with Crippen molar-refractivity contribution in [1.29, 1.82) is 0 Å². The van der Waals surface area contributed by atoms with Crippen LogP contribution < -0.4 is 15.5 Å². The summed E-state index contributed by atoms with van der Waals surface area (Å²) in [5, 5.41) is 6.20. The number of ether oxygens (including phenoxy) is 1. The van der Waals surface area contributed by atoms with Gasteiger partial charge in [-0.25, -0.2) is 0 Å². The Labute approximate surface area is 184 Å². The summed E-state index contributed by atoms with van der Waals surface area (Å²) in [6, 6.07) is 17.1. The Bertz CT molecular complexity index is 821. The molecule has 0 aromatic heterocycles. The fourth-order valence-corrected chi connectivity index (χ4v) is 3.69. The van der Waals surface area contributed by atoms with Gasteiger partial charge in [-0.15, -0.1) is 12.4 Å². The average molecular weight is 432 g/mol. The summed E-state index contributed by atoms with van der Waals surface area (Å²) in [5.74, 6) is -0.0740. The number of nitrogens with one attached hydrogen (secondary N) is 2. The van der Waals surface area contributed by atoms with Gasteiger partial charge in [0.05, 0.1) is 6.42 Å². The van der Waals surface area contributed by atoms with Crippen LogP contribution in [0, 0.1) is 0 Å². The van der Waals surface area contributed by atoms with Crippen LogP contribution in [0.4, 0.5) is 11.4 Å². The Morgan fingerprint density at radius 3 is 2.27 bits per heavy atom. The number of carbonyl (C=O) groups is 2. The molecule has 2 aromatic rings. The van der Waals surface area contributed by atoms with Gasteiger partial charge in [0.1, 0.15) is 5.60 Å². The van der Waals surface area contributed by atoms with Crippen LogP contribution >= 0.6 is 12.4 Å². The molecular weight excluding hydrogens is 402 g/mol. The minimum absolute atomic E-state index is 0. The number of carbonyl (C=O) groups excluding carboxylic acids is 2. The number of hydrogen-bond donors (Lipinski definition) is 2. The van der Waals surface area contributed by atoms with Gasteiger partial charge in [-0.3, -0.25) is 9.59 Å². The molecule has 1 heterocycles. The molecule has 0 saturated carbocycles. The van der Waals surface area contributed by atoms with E-state index in [9.17, 15) is 9.59 Å². The van der Waals surface area contributed by atoms with Gasteiger partial charge in [0, 0.05) is 25.0 Å². The van der Waals surface area contributed by atoms with Gasteiger partial charge in [0.15, 0.2) is 0 Å². The minimum atomic E-state index is -0.781. The molecule has 1 aliphatic rings. The topological polar surface area (TPSA) is 70.7 Å². The van der Waals surface area contributed by atoms with E-state index in [1.165, 1.54) is 0 Å². The summed E-state index contributed by atoms with van der Waals surface area (Å²) in [6.45, 7) is 4.11. The molecule has 0 spiro atoms. The van der Waals surface area contributed by atoms with Crippen molar-refractivity contribution in [3.8, 4) is 0 Å². The number of benzene rings is 2. The van der Waals surface area contributed by atoms with E-state index in [4.69, 9.17) is 4.74 Å². The van der Waals surface area contributed by atoms with Crippen LogP contribution in [-0.4, -0.2) is 44.2 Å². The number of anilines is 2. The third-order valence-corrected chi connectivity index (χ3v) is 5.47. The molecule has 1 saturated heterocycles. The van der Waals surface area contributed by atoms with Gasteiger partial charge in [-0.1, -0.05) is 30.3 Å². The van der Waals surface area contributed by atoms with Crippen molar-refractivity contribution >= 4 is 35.6 Å². The number of likely N-dealkylation sites (N-methyl/N-ethyl adjacent to an activating group) is 1. The Morgan fingerprint density at radius 2 is 1.70 bits per heavy atom. The van der Waals surface area contributed by atoms with Crippen molar-refractivity contribution in [2.75, 3.05) is 37.0 Å². The number of methoxy groups -OCH3 is 1. The van der Waals surface area contributed by atoms with Crippen LogP contribution in [0.25, 0.3) is 0 Å². The molecule has 0 atom stereocenters. The quantitative estimate of drug-likeness (QED) is 0.704. The molecule has 2 aromatic carbocycles. The zero-order valence-corrected chi connectivity index (χ0v) is 18.3. The predicted molar refractivity (Wildman–Crippen MR) is 122 cm³/mol. The third kappa shape index (κ3) is 5.59. The summed E-state index contributed by atoms with van der Waals surface area (Å²) in [7, 11) is 1.59. The van der Waals surface area contributed by atoms with Crippen LogP contribution in [0.2, 0.25) is 0 Å². The van der Waals surface area contributed by atoms with E-state index in [1.807, 2.05) is 61.5 Å². The first-order chi connectivity index (χ1) is 14.1. The average Bonchev–Trinajstić information content (AvgIpc) is 2.77. The molecule has 6 nitrogen and oxygen atoms in total. The van der Waals surface area contributed by atoms with Crippen LogP contribution in [0.15, 0.2) is 54.6 Å². The lowest BCUT2D eigenvalue weighted by molar-refractivity contribution is -0.140. The number of rotatable bonds is 7. The molecule has 30 heavy (non-hydrogen) atoms. The minimum Gasteiger partial charge on any atom is -0.368 e. The Kier molecular flexibility index (Phi) is 8.84. The van der Waals surface area contributed by atoms with Crippen molar-refractivity contribution in [2.45, 2.75) is 31.8 Å². The highest BCUT2D eigenvalue weighted by molar-refractivity contribution is 5.98. The maximum absolute atomic E-state index is 12.7. The zero-order chi connectivity index (χ0) is 20.7. The molecule has 0 aliphatic carbocycles. The Morgan fingerprint density at radius 1 is 1.07 bits per heavy atom. The molecule has 0 unspecified atom stereocenters. The van der Waals surface area contributed by atoms with Gasteiger partial charge in [-0.05, 0) is 62.7 Å². The van der Waals surface area contributed by atoms with Crippen molar-refractivity contribution in [2.24, 2.45) is 0 Å². The fourth-order valence-electron chi connectivity index (χ4n) is 3.69. The lowest BCUT2D eigenvalue weighted by atomic mass is 9.91. The van der Waals surface area contributed by atoms with Crippen LogP contribution in [0.1, 0.15) is 25.3 Å². The first-order valence-electron chi connectivity index (χ1n) is 10.1. The lowest BCUT2D eigenvalue weighted by Gasteiger charge is -2.34. The molecule has 162 valence electrons. The first kappa shape index (κ1) is 23.9. The molecule has 0 bridgehead atoms. The second-order valence-corrected chi connectivity index (χ2v) is 7.25. The molecule has 2 amide bonds. The van der Waals surface area contributed by atoms with Gasteiger partial charge in [0.25, 0.3) is 5.91 Å². The van der Waals surface area contributed by atoms with E-state index in [2.05, 4.69) is 10.6 Å². The largest absolute Gasteiger partial charge is 0.368 e. The van der Waals surface area contributed by atoms with Crippen LogP contribution in [-0.2, 0) is 20.7 Å². The van der Waals surface area contributed by atoms with E-state index in [1.54, 1.807) is 12.0 Å². The highest BCUT2D eigenvalue weighted by Crippen LogP contribution is 2.25. The molecule has 0 radical (unpaired) electrons. The van der Waals surface area contributed by atoms with Crippen LogP contribution in [0.5, 0.6) is 0 Å². The molecule has 2 N–H and O–H groups in total. The van der Waals surface area contributed by atoms with E-state index >= 15 is 0 Å². The summed E-state index contributed by atoms with van der Waals surface area (Å²) in [4.78, 5) is 27.2. The van der Waals surface area contributed by atoms with Crippen LogP contribution in [0.3, 0.4) is 0 Å². The molecule has 7 heteroatoms. The normalized spacial score (nSPS) is 15.0. The molecule has 3 rings (SSSR count). The second kappa shape index (κ2) is 11.1. The summed E-state index contributed by atoms with van der Waals surface area (Å²) < 4.78 is 5.57. The van der Waals surface area contributed by atoms with E-state index in [0.717, 1.165) is 24.3 Å². The van der Waals surface area contributed by atoms with Crippen molar-refractivity contribution < 1.29 is 14.3 Å². The SMILES string of the molecule is CCN(C(=O)Cc1ccc(NC(=O)C2(OC)CCNCC2)cc1)c1ccccc1.Cl. The van der Waals surface area contributed by atoms with Crippen molar-refractivity contribution in [3.63, 3.8) is 0 Å². The fraction of sp³-hybridized carbons (Fsp3) is 0.391. The number of piperidine rings is 1. The first-order valence-corrected chi connectivity index (χ1v) is 10.1. The van der Waals surface area contributed by atoms with Crippen molar-refractivity contribution in [3.05, 3.63) is 60.2 Å². The maximum Gasteiger partial charge on any atom is 0.256 e. The number of hydrogen-bond acceptors (Lipinski definition) is 4. The standard InChI is InChI=1S/C23H29N3O3.ClH/c1-3-26(20-7-5-4-6-8-20)21(27)17-18-9-11-19(12-10-18)25-22(28)23(29-2)13-15-24-16-14-23;/h4-12,24H,3,13-17H2,1-2H3,(H,25,28);1H. The summed E-state index contributed by atoms with van der Waals surface area (Å²) >= 11 is 0. The van der Waals surface area contributed by atoms with Gasteiger partial charge >= 0.3 is 0 Å². The zero-order valence-electron chi connectivity index (χ0n) is 17.5. The predicted octanol–water partition coefficient (Wildman–Crippen LogP) is 3.41. The molecule has 1 fully saturated rings. The number of amides is 2. The van der Waals surface area contributed by atoms with E-state index in [0.29, 0.717) is 31.5 Å². The van der Waals surface area contributed by atoms with Gasteiger partial charge in [0.2, 0.25) is 5.91 Å². The smallest absolute Gasteiger partial charge is 0.256 e.